The van der Waals surface area contributed by atoms with E-state index in [0.717, 1.165) is 24.9 Å². The average molecular weight is 559 g/mol. The fraction of sp³-hybridized carbons (Fsp3) is 0.462. The zero-order chi connectivity index (χ0) is 27.1. The summed E-state index contributed by atoms with van der Waals surface area (Å²) in [5, 5.41) is 3.04. The number of amides is 1. The molecule has 10 nitrogen and oxygen atoms in total. The summed E-state index contributed by atoms with van der Waals surface area (Å²) in [4.78, 5) is 28.9. The molecule has 0 bridgehead atoms. The van der Waals surface area contributed by atoms with Crippen LogP contribution in [0.1, 0.15) is 60.4 Å². The standard InChI is InChI=1S/C26H34N6O4S2/c1-4-36-24-17-27-15-22(29-24)23-16-28-26(37-23)25(33)30-21(12-13-32(2)3)18-8-7-9-19(14-18)31-38(34,35)20-10-5-6-11-20/h7-9,14-17,20-21,31H,4-6,10-13H2,1-3H3,(H,30,33). The van der Waals surface area contributed by atoms with Gasteiger partial charge in [0.1, 0.15) is 5.69 Å². The monoisotopic (exact) mass is 558 g/mol. The summed E-state index contributed by atoms with van der Waals surface area (Å²) < 4.78 is 33.8. The molecule has 204 valence electrons. The van der Waals surface area contributed by atoms with Crippen LogP contribution >= 0.6 is 11.3 Å². The van der Waals surface area contributed by atoms with Crippen LogP contribution in [0.25, 0.3) is 10.6 Å². The van der Waals surface area contributed by atoms with Crippen LogP contribution in [0, 0.1) is 0 Å². The summed E-state index contributed by atoms with van der Waals surface area (Å²) in [6.07, 6.45) is 8.64. The Morgan fingerprint density at radius 2 is 2.00 bits per heavy atom. The predicted octanol–water partition coefficient (Wildman–Crippen LogP) is 4.11. The minimum atomic E-state index is -3.45. The van der Waals surface area contributed by atoms with Crippen LogP contribution in [0.2, 0.25) is 0 Å². The minimum absolute atomic E-state index is 0.302. The third kappa shape index (κ3) is 7.27. The molecule has 1 aromatic carbocycles. The fourth-order valence-electron chi connectivity index (χ4n) is 4.38. The van der Waals surface area contributed by atoms with Gasteiger partial charge in [0, 0.05) is 11.9 Å². The van der Waals surface area contributed by atoms with E-state index in [4.69, 9.17) is 4.74 Å². The maximum atomic E-state index is 13.2. The molecule has 1 aliphatic carbocycles. The lowest BCUT2D eigenvalue weighted by atomic mass is 10.0. The Hall–Kier alpha value is -3.09. The van der Waals surface area contributed by atoms with Crippen LogP contribution in [0.3, 0.4) is 0 Å². The van der Waals surface area contributed by atoms with Crippen LogP contribution in [0.15, 0.2) is 42.9 Å². The second-order valence-corrected chi connectivity index (χ2v) is 12.5. The van der Waals surface area contributed by atoms with Gasteiger partial charge in [-0.3, -0.25) is 14.5 Å². The molecular weight excluding hydrogens is 524 g/mol. The van der Waals surface area contributed by atoms with Crippen LogP contribution in [0.5, 0.6) is 5.88 Å². The molecule has 0 saturated heterocycles. The number of sulfonamides is 1. The number of hydrogen-bond acceptors (Lipinski definition) is 9. The predicted molar refractivity (Wildman–Crippen MR) is 149 cm³/mol. The quantitative estimate of drug-likeness (QED) is 0.340. The molecule has 1 amide bonds. The van der Waals surface area contributed by atoms with Crippen LogP contribution in [0.4, 0.5) is 5.69 Å². The van der Waals surface area contributed by atoms with E-state index in [1.807, 2.05) is 38.1 Å². The highest BCUT2D eigenvalue weighted by Gasteiger charge is 2.29. The van der Waals surface area contributed by atoms with E-state index in [2.05, 4.69) is 25.0 Å². The second kappa shape index (κ2) is 12.6. The molecule has 38 heavy (non-hydrogen) atoms. The van der Waals surface area contributed by atoms with Crippen molar-refractivity contribution in [2.75, 3.05) is 32.0 Å². The summed E-state index contributed by atoms with van der Waals surface area (Å²) in [7, 11) is 0.484. The molecule has 2 heterocycles. The zero-order valence-electron chi connectivity index (χ0n) is 21.9. The Morgan fingerprint density at radius 1 is 1.21 bits per heavy atom. The highest BCUT2D eigenvalue weighted by molar-refractivity contribution is 7.93. The molecule has 1 atom stereocenters. The lowest BCUT2D eigenvalue weighted by molar-refractivity contribution is 0.0932. The van der Waals surface area contributed by atoms with Gasteiger partial charge in [-0.15, -0.1) is 11.3 Å². The van der Waals surface area contributed by atoms with E-state index in [1.54, 1.807) is 30.7 Å². The first-order valence-corrected chi connectivity index (χ1v) is 15.1. The van der Waals surface area contributed by atoms with Crippen molar-refractivity contribution in [2.45, 2.75) is 50.3 Å². The Bertz CT molecular complexity index is 1340. The van der Waals surface area contributed by atoms with Gasteiger partial charge < -0.3 is 15.0 Å². The van der Waals surface area contributed by atoms with Gasteiger partial charge in [0.05, 0.1) is 35.2 Å². The SMILES string of the molecule is CCOc1cncc(-c2cnc(C(=O)NC(CCN(C)C)c3cccc(NS(=O)(=O)C4CCCC4)c3)s2)n1. The first kappa shape index (κ1) is 27.9. The van der Waals surface area contributed by atoms with Crippen molar-refractivity contribution in [3.05, 3.63) is 53.4 Å². The van der Waals surface area contributed by atoms with Gasteiger partial charge >= 0.3 is 0 Å². The van der Waals surface area contributed by atoms with Crippen molar-refractivity contribution in [1.29, 1.82) is 0 Å². The number of rotatable bonds is 12. The summed E-state index contributed by atoms with van der Waals surface area (Å²) in [6.45, 7) is 3.08. The maximum Gasteiger partial charge on any atom is 0.280 e. The number of hydrogen-bond donors (Lipinski definition) is 2. The number of carbonyl (C=O) groups excluding carboxylic acids is 1. The molecule has 1 fully saturated rings. The van der Waals surface area contributed by atoms with E-state index in [-0.39, 0.29) is 17.2 Å². The number of thiazole rings is 1. The molecule has 1 saturated carbocycles. The number of anilines is 1. The Kier molecular flexibility index (Phi) is 9.29. The summed E-state index contributed by atoms with van der Waals surface area (Å²) in [5.74, 6) is 0.104. The van der Waals surface area contributed by atoms with Crippen molar-refractivity contribution < 1.29 is 17.9 Å². The number of carbonyl (C=O) groups is 1. The van der Waals surface area contributed by atoms with Gasteiger partial charge in [-0.2, -0.15) is 0 Å². The maximum absolute atomic E-state index is 13.2. The number of nitrogens with one attached hydrogen (secondary N) is 2. The van der Waals surface area contributed by atoms with E-state index in [9.17, 15) is 13.2 Å². The van der Waals surface area contributed by atoms with Crippen molar-refractivity contribution in [3.63, 3.8) is 0 Å². The van der Waals surface area contributed by atoms with Crippen LogP contribution in [-0.4, -0.2) is 66.7 Å². The third-order valence-electron chi connectivity index (χ3n) is 6.32. The highest BCUT2D eigenvalue weighted by atomic mass is 32.2. The smallest absolute Gasteiger partial charge is 0.280 e. The van der Waals surface area contributed by atoms with Gasteiger partial charge in [0.15, 0.2) is 5.01 Å². The number of ether oxygens (including phenoxy) is 1. The Morgan fingerprint density at radius 3 is 2.74 bits per heavy atom. The normalized spacial score (nSPS) is 14.9. The lowest BCUT2D eigenvalue weighted by Crippen LogP contribution is -2.31. The van der Waals surface area contributed by atoms with Crippen molar-refractivity contribution in [1.82, 2.24) is 25.2 Å². The molecule has 0 aliphatic heterocycles. The highest BCUT2D eigenvalue weighted by Crippen LogP contribution is 2.29. The van der Waals surface area contributed by atoms with E-state index in [1.165, 1.54) is 11.3 Å². The Balaban J connectivity index is 1.51. The van der Waals surface area contributed by atoms with Crippen molar-refractivity contribution in [3.8, 4) is 16.5 Å². The second-order valence-electron chi connectivity index (χ2n) is 9.50. The van der Waals surface area contributed by atoms with E-state index >= 15 is 0 Å². The first-order valence-electron chi connectivity index (χ1n) is 12.7. The zero-order valence-corrected chi connectivity index (χ0v) is 23.5. The Labute approximate surface area is 227 Å². The average Bonchev–Trinajstić information content (AvgIpc) is 3.60. The molecule has 0 radical (unpaired) electrons. The molecule has 12 heteroatoms. The molecule has 3 aromatic rings. The summed E-state index contributed by atoms with van der Waals surface area (Å²) in [5.41, 5.74) is 1.90. The van der Waals surface area contributed by atoms with Gasteiger partial charge in [0.2, 0.25) is 15.9 Å². The van der Waals surface area contributed by atoms with Crippen molar-refractivity contribution in [2.24, 2.45) is 0 Å². The fourth-order valence-corrected chi connectivity index (χ4v) is 6.73. The first-order chi connectivity index (χ1) is 18.2. The molecule has 4 rings (SSSR count). The van der Waals surface area contributed by atoms with Gasteiger partial charge in [0.25, 0.3) is 5.91 Å². The van der Waals surface area contributed by atoms with Crippen molar-refractivity contribution >= 4 is 33.0 Å². The lowest BCUT2D eigenvalue weighted by Gasteiger charge is -2.22. The van der Waals surface area contributed by atoms with E-state index < -0.39 is 10.0 Å². The van der Waals surface area contributed by atoms with Gasteiger partial charge in [-0.25, -0.2) is 18.4 Å². The minimum Gasteiger partial charge on any atom is -0.477 e. The molecule has 2 N–H and O–H groups in total. The number of nitrogens with zero attached hydrogens (tertiary/aromatic N) is 4. The van der Waals surface area contributed by atoms with Crippen LogP contribution in [-0.2, 0) is 10.0 Å². The molecule has 1 unspecified atom stereocenters. The van der Waals surface area contributed by atoms with Crippen LogP contribution < -0.4 is 14.8 Å². The summed E-state index contributed by atoms with van der Waals surface area (Å²) in [6, 6.07) is 6.91. The third-order valence-corrected chi connectivity index (χ3v) is 9.21. The summed E-state index contributed by atoms with van der Waals surface area (Å²) >= 11 is 1.22. The molecule has 2 aromatic heterocycles. The molecule has 0 spiro atoms. The molecular formula is C26H34N6O4S2. The van der Waals surface area contributed by atoms with Gasteiger partial charge in [-0.05, 0) is 64.5 Å². The number of benzene rings is 1. The molecule has 1 aliphatic rings. The topological polar surface area (TPSA) is 126 Å². The van der Waals surface area contributed by atoms with E-state index in [0.29, 0.717) is 53.0 Å². The number of aromatic nitrogens is 3. The largest absolute Gasteiger partial charge is 0.477 e. The van der Waals surface area contributed by atoms with Gasteiger partial charge in [-0.1, -0.05) is 25.0 Å².